The lowest BCUT2D eigenvalue weighted by Gasteiger charge is -2.09. The van der Waals surface area contributed by atoms with E-state index in [1.165, 1.54) is 14.2 Å². The summed E-state index contributed by atoms with van der Waals surface area (Å²) in [4.78, 5) is 13.6. The van der Waals surface area contributed by atoms with E-state index in [9.17, 15) is 4.79 Å². The van der Waals surface area contributed by atoms with E-state index in [4.69, 9.17) is 13.9 Å². The molecule has 1 aromatic heterocycles. The number of methoxy groups -OCH3 is 2. The van der Waals surface area contributed by atoms with Gasteiger partial charge in [-0.3, -0.25) is 10.1 Å². The third-order valence-corrected chi connectivity index (χ3v) is 4.34. The quantitative estimate of drug-likeness (QED) is 0.661. The Kier molecular flexibility index (Phi) is 5.43. The van der Waals surface area contributed by atoms with Gasteiger partial charge in [0.1, 0.15) is 11.5 Å². The average Bonchev–Trinajstić information content (AvgIpc) is 3.15. The molecule has 26 heavy (non-hydrogen) atoms. The molecule has 1 amide bonds. The summed E-state index contributed by atoms with van der Waals surface area (Å²) in [7, 11) is 3.01. The molecule has 0 radical (unpaired) electrons. The molecule has 0 aliphatic rings. The average molecular weight is 371 g/mol. The van der Waals surface area contributed by atoms with Crippen LogP contribution >= 0.6 is 11.8 Å². The van der Waals surface area contributed by atoms with Gasteiger partial charge in [0.2, 0.25) is 5.89 Å². The number of amides is 1. The van der Waals surface area contributed by atoms with Gasteiger partial charge in [0.05, 0.1) is 19.8 Å². The second-order valence-electron chi connectivity index (χ2n) is 5.16. The number of rotatable bonds is 6. The summed E-state index contributed by atoms with van der Waals surface area (Å²) >= 11 is 1.61. The van der Waals surface area contributed by atoms with Crippen molar-refractivity contribution in [3.63, 3.8) is 0 Å². The molecule has 7 nitrogen and oxygen atoms in total. The molecular formula is C18H17N3O4S. The van der Waals surface area contributed by atoms with E-state index in [1.54, 1.807) is 30.0 Å². The van der Waals surface area contributed by atoms with Crippen LogP contribution in [-0.2, 0) is 0 Å². The van der Waals surface area contributed by atoms with Crippen LogP contribution in [0.15, 0.2) is 51.8 Å². The third-order valence-electron chi connectivity index (χ3n) is 3.61. The standard InChI is InChI=1S/C18H17N3O4S/c1-23-12-7-8-15(24-2)14(10-12)16(22)19-18-21-20-17(25-18)11-5-4-6-13(9-11)26-3/h4-10H,1-3H3,(H,19,21,22). The third kappa shape index (κ3) is 3.80. The van der Waals surface area contributed by atoms with Crippen molar-refractivity contribution < 1.29 is 18.7 Å². The summed E-state index contributed by atoms with van der Waals surface area (Å²) in [5, 5.41) is 10.5. The Labute approximate surface area is 154 Å². The van der Waals surface area contributed by atoms with E-state index in [0.29, 0.717) is 23.0 Å². The molecule has 0 bridgehead atoms. The minimum absolute atomic E-state index is 0.00410. The van der Waals surface area contributed by atoms with Crippen molar-refractivity contribution in [2.45, 2.75) is 4.90 Å². The number of aromatic nitrogens is 2. The van der Waals surface area contributed by atoms with Crippen LogP contribution in [-0.4, -0.2) is 36.6 Å². The first-order valence-electron chi connectivity index (χ1n) is 7.66. The summed E-state index contributed by atoms with van der Waals surface area (Å²) in [6, 6.07) is 12.6. The zero-order valence-corrected chi connectivity index (χ0v) is 15.3. The maximum absolute atomic E-state index is 12.5. The predicted molar refractivity (Wildman–Crippen MR) is 99.0 cm³/mol. The second-order valence-corrected chi connectivity index (χ2v) is 6.04. The molecule has 1 N–H and O–H groups in total. The smallest absolute Gasteiger partial charge is 0.322 e. The summed E-state index contributed by atoms with van der Waals surface area (Å²) < 4.78 is 15.9. The van der Waals surface area contributed by atoms with E-state index in [0.717, 1.165) is 10.5 Å². The Balaban J connectivity index is 1.82. The molecule has 2 aromatic carbocycles. The van der Waals surface area contributed by atoms with E-state index >= 15 is 0 Å². The molecule has 8 heteroatoms. The highest BCUT2D eigenvalue weighted by atomic mass is 32.2. The molecule has 3 rings (SSSR count). The highest BCUT2D eigenvalue weighted by Gasteiger charge is 2.17. The Morgan fingerprint density at radius 2 is 1.96 bits per heavy atom. The number of nitrogens with one attached hydrogen (secondary N) is 1. The van der Waals surface area contributed by atoms with Crippen LogP contribution in [0.1, 0.15) is 10.4 Å². The van der Waals surface area contributed by atoms with Crippen molar-refractivity contribution in [3.05, 3.63) is 48.0 Å². The minimum atomic E-state index is -0.436. The first-order valence-corrected chi connectivity index (χ1v) is 8.88. The van der Waals surface area contributed by atoms with Gasteiger partial charge in [-0.1, -0.05) is 11.2 Å². The molecule has 0 fully saturated rings. The van der Waals surface area contributed by atoms with E-state index < -0.39 is 5.91 Å². The Hall–Kier alpha value is -3.00. The number of hydrogen-bond donors (Lipinski definition) is 1. The van der Waals surface area contributed by atoms with Crippen molar-refractivity contribution in [3.8, 4) is 23.0 Å². The van der Waals surface area contributed by atoms with Gasteiger partial charge in [-0.25, -0.2) is 0 Å². The molecule has 0 saturated carbocycles. The normalized spacial score (nSPS) is 10.4. The van der Waals surface area contributed by atoms with Gasteiger partial charge in [-0.15, -0.1) is 16.9 Å². The van der Waals surface area contributed by atoms with Crippen LogP contribution in [0.5, 0.6) is 11.5 Å². The maximum Gasteiger partial charge on any atom is 0.322 e. The molecule has 134 valence electrons. The van der Waals surface area contributed by atoms with Gasteiger partial charge >= 0.3 is 6.01 Å². The van der Waals surface area contributed by atoms with Gasteiger partial charge in [-0.2, -0.15) is 0 Å². The van der Waals surface area contributed by atoms with Gasteiger partial charge in [0.15, 0.2) is 0 Å². The van der Waals surface area contributed by atoms with E-state index in [1.807, 2.05) is 30.5 Å². The van der Waals surface area contributed by atoms with Gasteiger partial charge < -0.3 is 13.9 Å². The second kappa shape index (κ2) is 7.92. The highest BCUT2D eigenvalue weighted by molar-refractivity contribution is 7.98. The van der Waals surface area contributed by atoms with Crippen LogP contribution in [0.4, 0.5) is 6.01 Å². The number of hydrogen-bond acceptors (Lipinski definition) is 7. The van der Waals surface area contributed by atoms with Crippen molar-refractivity contribution in [1.82, 2.24) is 10.2 Å². The van der Waals surface area contributed by atoms with Gasteiger partial charge in [-0.05, 0) is 42.7 Å². The number of thioether (sulfide) groups is 1. The fraction of sp³-hybridized carbons (Fsp3) is 0.167. The largest absolute Gasteiger partial charge is 0.497 e. The number of nitrogens with zero attached hydrogens (tertiary/aromatic N) is 2. The van der Waals surface area contributed by atoms with Crippen LogP contribution in [0.3, 0.4) is 0 Å². The van der Waals surface area contributed by atoms with Crippen molar-refractivity contribution in [1.29, 1.82) is 0 Å². The minimum Gasteiger partial charge on any atom is -0.497 e. The van der Waals surface area contributed by atoms with E-state index in [-0.39, 0.29) is 6.01 Å². The SMILES string of the molecule is COc1ccc(OC)c(C(=O)Nc2nnc(-c3cccc(SC)c3)o2)c1. The number of benzene rings is 2. The maximum atomic E-state index is 12.5. The zero-order chi connectivity index (χ0) is 18.5. The first-order chi connectivity index (χ1) is 12.6. The first kappa shape index (κ1) is 17.8. The van der Waals surface area contributed by atoms with E-state index in [2.05, 4.69) is 15.5 Å². The number of carbonyl (C=O) groups excluding carboxylic acids is 1. The van der Waals surface area contributed by atoms with Crippen LogP contribution < -0.4 is 14.8 Å². The lowest BCUT2D eigenvalue weighted by molar-refractivity contribution is 0.102. The van der Waals surface area contributed by atoms with Crippen LogP contribution in [0.2, 0.25) is 0 Å². The number of carbonyl (C=O) groups is 1. The molecule has 0 atom stereocenters. The topological polar surface area (TPSA) is 86.5 Å². The predicted octanol–water partition coefficient (Wildman–Crippen LogP) is 3.73. The molecular weight excluding hydrogens is 354 g/mol. The molecule has 0 unspecified atom stereocenters. The molecule has 0 saturated heterocycles. The lowest BCUT2D eigenvalue weighted by atomic mass is 10.1. The number of ether oxygens (including phenoxy) is 2. The summed E-state index contributed by atoms with van der Waals surface area (Å²) in [6.45, 7) is 0. The van der Waals surface area contributed by atoms with Gasteiger partial charge in [0.25, 0.3) is 5.91 Å². The summed E-state index contributed by atoms with van der Waals surface area (Å²) in [6.07, 6.45) is 1.99. The molecule has 3 aromatic rings. The monoisotopic (exact) mass is 371 g/mol. The van der Waals surface area contributed by atoms with Crippen molar-refractivity contribution >= 4 is 23.7 Å². The van der Waals surface area contributed by atoms with Crippen LogP contribution in [0.25, 0.3) is 11.5 Å². The van der Waals surface area contributed by atoms with Crippen LogP contribution in [0, 0.1) is 0 Å². The number of anilines is 1. The lowest BCUT2D eigenvalue weighted by Crippen LogP contribution is -2.13. The Bertz CT molecular complexity index is 926. The fourth-order valence-corrected chi connectivity index (χ4v) is 2.76. The highest BCUT2D eigenvalue weighted by Crippen LogP contribution is 2.27. The fourth-order valence-electron chi connectivity index (χ4n) is 2.30. The van der Waals surface area contributed by atoms with Crippen molar-refractivity contribution in [2.75, 3.05) is 25.8 Å². The molecule has 0 spiro atoms. The molecule has 0 aliphatic heterocycles. The summed E-state index contributed by atoms with van der Waals surface area (Å²) in [5.41, 5.74) is 1.08. The zero-order valence-electron chi connectivity index (χ0n) is 14.5. The van der Waals surface area contributed by atoms with Crippen molar-refractivity contribution in [2.24, 2.45) is 0 Å². The summed E-state index contributed by atoms with van der Waals surface area (Å²) in [5.74, 6) is 0.842. The molecule has 1 heterocycles. The Morgan fingerprint density at radius 3 is 2.69 bits per heavy atom. The van der Waals surface area contributed by atoms with Gasteiger partial charge in [0, 0.05) is 10.5 Å². The molecule has 0 aliphatic carbocycles. The Morgan fingerprint density at radius 1 is 1.12 bits per heavy atom.